The van der Waals surface area contributed by atoms with Gasteiger partial charge in [-0.25, -0.2) is 0 Å². The van der Waals surface area contributed by atoms with E-state index in [4.69, 9.17) is 14.2 Å². The van der Waals surface area contributed by atoms with E-state index in [1.54, 1.807) is 13.0 Å². The van der Waals surface area contributed by atoms with Gasteiger partial charge in [0.1, 0.15) is 0 Å². The number of esters is 1. The van der Waals surface area contributed by atoms with Crippen LogP contribution in [0.4, 0.5) is 0 Å². The Balaban J connectivity index is 2.27. The molecule has 26 heavy (non-hydrogen) atoms. The first-order chi connectivity index (χ1) is 12.5. The third-order valence-corrected chi connectivity index (χ3v) is 5.65. The minimum atomic E-state index is -1.05. The van der Waals surface area contributed by atoms with Crippen LogP contribution in [0.3, 0.4) is 0 Å². The topological polar surface area (TPSA) is 83.8 Å². The molecule has 3 rings (SSSR count). The predicted octanol–water partition coefficient (Wildman–Crippen LogP) is 1.89. The number of hydrogen-bond acceptors (Lipinski definition) is 6. The highest BCUT2D eigenvalue weighted by atomic mass is 16.7. The van der Waals surface area contributed by atoms with Crippen molar-refractivity contribution < 1.29 is 23.8 Å². The minimum Gasteiger partial charge on any atom is -0.465 e. The lowest BCUT2D eigenvalue weighted by atomic mass is 9.74. The maximum Gasteiger partial charge on any atom is 0.316 e. The molecule has 0 radical (unpaired) electrons. The molecule has 0 saturated carbocycles. The summed E-state index contributed by atoms with van der Waals surface area (Å²) in [6.45, 7) is 7.00. The van der Waals surface area contributed by atoms with E-state index in [9.17, 15) is 14.4 Å². The van der Waals surface area contributed by atoms with Crippen LogP contribution in [0.1, 0.15) is 61.6 Å². The Kier molecular flexibility index (Phi) is 5.03. The van der Waals surface area contributed by atoms with Gasteiger partial charge < -0.3 is 18.8 Å². The van der Waals surface area contributed by atoms with E-state index in [1.165, 1.54) is 4.57 Å². The number of pyridine rings is 1. The average molecular weight is 363 g/mol. The maximum absolute atomic E-state index is 13.0. The van der Waals surface area contributed by atoms with Crippen molar-refractivity contribution in [1.29, 1.82) is 0 Å². The highest BCUT2D eigenvalue weighted by Gasteiger charge is 2.48. The Bertz CT molecular complexity index is 771. The molecule has 3 heterocycles. The summed E-state index contributed by atoms with van der Waals surface area (Å²) in [7, 11) is 0. The van der Waals surface area contributed by atoms with E-state index >= 15 is 0 Å². The largest absolute Gasteiger partial charge is 0.465 e. The van der Waals surface area contributed by atoms with Crippen molar-refractivity contribution in [3.63, 3.8) is 0 Å². The lowest BCUT2D eigenvalue weighted by molar-refractivity contribution is -0.163. The molecular formula is C19H25NO6. The quantitative estimate of drug-likeness (QED) is 0.567. The molecule has 0 aromatic carbocycles. The van der Waals surface area contributed by atoms with E-state index in [2.05, 4.69) is 0 Å². The first-order valence-corrected chi connectivity index (χ1v) is 9.18. The molecule has 2 aliphatic rings. The zero-order valence-corrected chi connectivity index (χ0v) is 15.5. The number of carbonyl (C=O) groups excluding carboxylic acids is 2. The molecule has 0 bridgehead atoms. The van der Waals surface area contributed by atoms with E-state index < -0.39 is 22.7 Å². The lowest BCUT2D eigenvalue weighted by Gasteiger charge is -2.32. The first-order valence-electron chi connectivity index (χ1n) is 9.18. The fourth-order valence-electron chi connectivity index (χ4n) is 4.14. The van der Waals surface area contributed by atoms with Crippen molar-refractivity contribution in [2.24, 2.45) is 0 Å². The summed E-state index contributed by atoms with van der Waals surface area (Å²) in [6.07, 6.45) is 1.89. The molecule has 2 aliphatic heterocycles. The van der Waals surface area contributed by atoms with Gasteiger partial charge in [-0.2, -0.15) is 0 Å². The predicted molar refractivity (Wildman–Crippen MR) is 93.2 cm³/mol. The minimum absolute atomic E-state index is 0.0144. The SMILES string of the molecule is CCOC(=O)C(CC)(CC)c1cc2n(c(=O)c1C=O)CCC21OCCO1. The van der Waals surface area contributed by atoms with E-state index in [0.717, 1.165) is 0 Å². The fourth-order valence-corrected chi connectivity index (χ4v) is 4.14. The summed E-state index contributed by atoms with van der Waals surface area (Å²) >= 11 is 0. The molecule has 1 spiro atoms. The van der Waals surface area contributed by atoms with Crippen LogP contribution in [0, 0.1) is 0 Å². The summed E-state index contributed by atoms with van der Waals surface area (Å²) in [4.78, 5) is 37.6. The second-order valence-electron chi connectivity index (χ2n) is 6.64. The van der Waals surface area contributed by atoms with Crippen LogP contribution in [0.5, 0.6) is 0 Å². The van der Waals surface area contributed by atoms with Crippen molar-refractivity contribution in [2.75, 3.05) is 19.8 Å². The van der Waals surface area contributed by atoms with E-state index in [0.29, 0.717) is 56.6 Å². The highest BCUT2D eigenvalue weighted by molar-refractivity contribution is 5.88. The number of aromatic nitrogens is 1. The van der Waals surface area contributed by atoms with Gasteiger partial charge in [-0.15, -0.1) is 0 Å². The number of aldehydes is 1. The molecule has 0 amide bonds. The number of carbonyl (C=O) groups is 2. The Morgan fingerprint density at radius 1 is 1.31 bits per heavy atom. The monoisotopic (exact) mass is 363 g/mol. The molecule has 7 heteroatoms. The highest BCUT2D eigenvalue weighted by Crippen LogP contribution is 2.42. The number of ether oxygens (including phenoxy) is 3. The summed E-state index contributed by atoms with van der Waals surface area (Å²) in [5, 5.41) is 0. The second-order valence-corrected chi connectivity index (χ2v) is 6.64. The molecule has 142 valence electrons. The second kappa shape index (κ2) is 6.96. The van der Waals surface area contributed by atoms with E-state index in [-0.39, 0.29) is 12.2 Å². The zero-order valence-electron chi connectivity index (χ0n) is 15.5. The van der Waals surface area contributed by atoms with Gasteiger partial charge >= 0.3 is 5.97 Å². The van der Waals surface area contributed by atoms with Crippen LogP contribution in [0.2, 0.25) is 0 Å². The van der Waals surface area contributed by atoms with Gasteiger partial charge in [-0.3, -0.25) is 14.4 Å². The first kappa shape index (κ1) is 18.8. The number of rotatable bonds is 6. The normalized spacial score (nSPS) is 18.1. The molecule has 1 fully saturated rings. The van der Waals surface area contributed by atoms with Crippen LogP contribution in [-0.4, -0.2) is 36.6 Å². The van der Waals surface area contributed by atoms with Crippen molar-refractivity contribution in [3.05, 3.63) is 33.2 Å². The van der Waals surface area contributed by atoms with Gasteiger partial charge in [0.05, 0.1) is 36.5 Å². The number of hydrogen-bond donors (Lipinski definition) is 0. The molecule has 0 N–H and O–H groups in total. The van der Waals surface area contributed by atoms with Crippen molar-refractivity contribution >= 4 is 12.3 Å². The average Bonchev–Trinajstić information content (AvgIpc) is 3.26. The molecule has 0 atom stereocenters. The molecule has 1 saturated heterocycles. The van der Waals surface area contributed by atoms with Gasteiger partial charge in [0.2, 0.25) is 5.79 Å². The fraction of sp³-hybridized carbons (Fsp3) is 0.632. The van der Waals surface area contributed by atoms with Crippen molar-refractivity contribution in [3.8, 4) is 0 Å². The maximum atomic E-state index is 13.0. The van der Waals surface area contributed by atoms with Crippen molar-refractivity contribution in [2.45, 2.75) is 57.8 Å². The third kappa shape index (κ3) is 2.53. The third-order valence-electron chi connectivity index (χ3n) is 5.65. The molecule has 7 nitrogen and oxygen atoms in total. The Morgan fingerprint density at radius 3 is 2.50 bits per heavy atom. The molecule has 0 aliphatic carbocycles. The number of fused-ring (bicyclic) bond motifs is 2. The van der Waals surface area contributed by atoms with Crippen LogP contribution < -0.4 is 5.56 Å². The van der Waals surface area contributed by atoms with Gasteiger partial charge in [-0.1, -0.05) is 13.8 Å². The summed E-state index contributed by atoms with van der Waals surface area (Å²) in [6, 6.07) is 1.74. The number of nitrogens with zero attached hydrogens (tertiary/aromatic N) is 1. The lowest BCUT2D eigenvalue weighted by Crippen LogP contribution is -2.41. The van der Waals surface area contributed by atoms with Gasteiger partial charge in [0.15, 0.2) is 6.29 Å². The Labute approximate surface area is 152 Å². The summed E-state index contributed by atoms with van der Waals surface area (Å²) in [5.74, 6) is -1.38. The van der Waals surface area contributed by atoms with Crippen LogP contribution in [0.25, 0.3) is 0 Å². The van der Waals surface area contributed by atoms with Crippen LogP contribution in [-0.2, 0) is 36.8 Å². The zero-order chi connectivity index (χ0) is 18.9. The van der Waals surface area contributed by atoms with Crippen LogP contribution >= 0.6 is 0 Å². The van der Waals surface area contributed by atoms with Gasteiger partial charge in [0.25, 0.3) is 5.56 Å². The summed E-state index contributed by atoms with van der Waals surface area (Å²) < 4.78 is 18.4. The van der Waals surface area contributed by atoms with Crippen LogP contribution in [0.15, 0.2) is 10.9 Å². The van der Waals surface area contributed by atoms with Crippen molar-refractivity contribution in [1.82, 2.24) is 4.57 Å². The molecular weight excluding hydrogens is 338 g/mol. The molecule has 1 aromatic rings. The van der Waals surface area contributed by atoms with Gasteiger partial charge in [0, 0.05) is 13.0 Å². The molecule has 1 aromatic heterocycles. The Morgan fingerprint density at radius 2 is 1.96 bits per heavy atom. The smallest absolute Gasteiger partial charge is 0.316 e. The van der Waals surface area contributed by atoms with Gasteiger partial charge in [-0.05, 0) is 31.4 Å². The Hall–Kier alpha value is -1.99. The summed E-state index contributed by atoms with van der Waals surface area (Å²) in [5.41, 5.74) is -0.452. The standard InChI is InChI=1S/C19H25NO6/c1-4-18(5-2,17(23)24-6-3)14-11-15-19(25-9-10-26-19)7-8-20(15)16(22)13(14)12-21/h11-12H,4-10H2,1-3H3. The molecule has 0 unspecified atom stereocenters. The van der Waals surface area contributed by atoms with E-state index in [1.807, 2.05) is 13.8 Å².